The third kappa shape index (κ3) is 4.60. The van der Waals surface area contributed by atoms with E-state index < -0.39 is 0 Å². The van der Waals surface area contributed by atoms with Crippen molar-refractivity contribution >= 4 is 38.0 Å². The fourth-order valence-electron chi connectivity index (χ4n) is 4.28. The van der Waals surface area contributed by atoms with Crippen molar-refractivity contribution in [2.24, 2.45) is 0 Å². The van der Waals surface area contributed by atoms with Crippen molar-refractivity contribution in [2.45, 2.75) is 12.8 Å². The number of aromatic nitrogens is 1. The first-order valence-corrected chi connectivity index (χ1v) is 11.8. The van der Waals surface area contributed by atoms with Crippen molar-refractivity contribution in [1.29, 1.82) is 0 Å². The Morgan fingerprint density at radius 3 is 2.71 bits per heavy atom. The van der Waals surface area contributed by atoms with E-state index >= 15 is 0 Å². The van der Waals surface area contributed by atoms with Crippen molar-refractivity contribution in [3.8, 4) is 5.75 Å². The van der Waals surface area contributed by atoms with Crippen LogP contribution in [0, 0.1) is 0 Å². The summed E-state index contributed by atoms with van der Waals surface area (Å²) < 4.78 is 7.31. The van der Waals surface area contributed by atoms with Crippen LogP contribution in [0.5, 0.6) is 5.75 Å². The molecule has 1 N–H and O–H groups in total. The van der Waals surface area contributed by atoms with Crippen molar-refractivity contribution in [1.82, 2.24) is 9.88 Å². The Kier molecular flexibility index (Phi) is 5.91. The molecule has 0 unspecified atom stereocenters. The summed E-state index contributed by atoms with van der Waals surface area (Å²) in [7, 11) is 0. The standard InChI is InChI=1S/C25H27N3O2S/c29-24-9-7-19-6-8-21(18-22(19)26-24)30-16-2-1-11-27-12-14-28(15-13-27)23-5-3-4-20-10-17-31-25(20)23/h3-10,17-18H,1-2,11-16H2,(H,26,29). The predicted octanol–water partition coefficient (Wildman–Crippen LogP) is 4.72. The summed E-state index contributed by atoms with van der Waals surface area (Å²) in [6.45, 7) is 6.21. The van der Waals surface area contributed by atoms with Gasteiger partial charge in [-0.25, -0.2) is 0 Å². The Labute approximate surface area is 185 Å². The number of piperazine rings is 1. The van der Waals surface area contributed by atoms with Gasteiger partial charge in [0.25, 0.3) is 0 Å². The number of hydrogen-bond donors (Lipinski definition) is 1. The largest absolute Gasteiger partial charge is 0.494 e. The van der Waals surface area contributed by atoms with E-state index in [-0.39, 0.29) is 5.56 Å². The number of unbranched alkanes of at least 4 members (excludes halogenated alkanes) is 1. The van der Waals surface area contributed by atoms with Gasteiger partial charge in [-0.3, -0.25) is 9.69 Å². The normalized spacial score (nSPS) is 15.0. The van der Waals surface area contributed by atoms with Crippen LogP contribution < -0.4 is 15.2 Å². The molecule has 160 valence electrons. The fraction of sp³-hybridized carbons (Fsp3) is 0.320. The predicted molar refractivity (Wildman–Crippen MR) is 130 cm³/mol. The maximum atomic E-state index is 11.5. The number of anilines is 1. The van der Waals surface area contributed by atoms with Crippen molar-refractivity contribution in [3.05, 3.63) is 70.3 Å². The number of fused-ring (bicyclic) bond motifs is 2. The molecular weight excluding hydrogens is 406 g/mol. The van der Waals surface area contributed by atoms with Crippen molar-refractivity contribution < 1.29 is 4.74 Å². The van der Waals surface area contributed by atoms with Gasteiger partial charge in [0.05, 0.1) is 22.5 Å². The third-order valence-corrected chi connectivity index (χ3v) is 6.96. The van der Waals surface area contributed by atoms with E-state index in [4.69, 9.17) is 4.74 Å². The molecule has 31 heavy (non-hydrogen) atoms. The number of hydrogen-bond acceptors (Lipinski definition) is 5. The van der Waals surface area contributed by atoms with Gasteiger partial charge >= 0.3 is 0 Å². The van der Waals surface area contributed by atoms with E-state index in [0.29, 0.717) is 6.61 Å². The average molecular weight is 434 g/mol. The maximum Gasteiger partial charge on any atom is 0.248 e. The number of ether oxygens (including phenoxy) is 1. The quantitative estimate of drug-likeness (QED) is 0.428. The molecule has 0 aliphatic carbocycles. The fourth-order valence-corrected chi connectivity index (χ4v) is 5.23. The van der Waals surface area contributed by atoms with Crippen LogP contribution >= 0.6 is 11.3 Å². The van der Waals surface area contributed by atoms with Crippen LogP contribution in [0.15, 0.2) is 64.8 Å². The minimum absolute atomic E-state index is 0.0863. The Morgan fingerprint density at radius 1 is 0.935 bits per heavy atom. The number of thiophene rings is 1. The van der Waals surface area contributed by atoms with E-state index in [2.05, 4.69) is 44.4 Å². The molecular formula is C25H27N3O2S. The Hall–Kier alpha value is -2.83. The zero-order valence-electron chi connectivity index (χ0n) is 17.5. The molecule has 5 nitrogen and oxygen atoms in total. The molecule has 4 aromatic rings. The highest BCUT2D eigenvalue weighted by molar-refractivity contribution is 7.17. The number of nitrogens with one attached hydrogen (secondary N) is 1. The molecule has 0 saturated carbocycles. The van der Waals surface area contributed by atoms with Gasteiger partial charge in [-0.2, -0.15) is 0 Å². The van der Waals surface area contributed by atoms with Gasteiger partial charge < -0.3 is 14.6 Å². The van der Waals surface area contributed by atoms with Crippen LogP contribution in [0.3, 0.4) is 0 Å². The zero-order chi connectivity index (χ0) is 21.0. The molecule has 1 fully saturated rings. The minimum atomic E-state index is -0.0863. The summed E-state index contributed by atoms with van der Waals surface area (Å²) in [5.41, 5.74) is 2.12. The molecule has 1 saturated heterocycles. The number of H-pyrrole nitrogens is 1. The molecule has 5 rings (SSSR count). The van der Waals surface area contributed by atoms with Crippen LogP contribution in [0.4, 0.5) is 5.69 Å². The molecule has 3 heterocycles. The van der Waals surface area contributed by atoms with Gasteiger partial charge in [-0.1, -0.05) is 12.1 Å². The molecule has 0 atom stereocenters. The Morgan fingerprint density at radius 2 is 1.81 bits per heavy atom. The second kappa shape index (κ2) is 9.12. The van der Waals surface area contributed by atoms with E-state index in [1.54, 1.807) is 6.07 Å². The molecule has 0 spiro atoms. The highest BCUT2D eigenvalue weighted by atomic mass is 32.1. The lowest BCUT2D eigenvalue weighted by atomic mass is 10.2. The van der Waals surface area contributed by atoms with E-state index in [1.165, 1.54) is 15.8 Å². The molecule has 1 aliphatic heterocycles. The lowest BCUT2D eigenvalue weighted by molar-refractivity contribution is 0.239. The SMILES string of the molecule is O=c1ccc2ccc(OCCCCN3CCN(c4cccc5ccsc45)CC3)cc2[nH]1. The Bertz CT molecular complexity index is 1220. The average Bonchev–Trinajstić information content (AvgIpc) is 3.28. The first-order chi connectivity index (χ1) is 15.3. The van der Waals surface area contributed by atoms with Gasteiger partial charge in [0.2, 0.25) is 5.56 Å². The highest BCUT2D eigenvalue weighted by Gasteiger charge is 2.18. The summed E-state index contributed by atoms with van der Waals surface area (Å²) in [6, 6.07) is 18.1. The molecule has 0 bridgehead atoms. The minimum Gasteiger partial charge on any atom is -0.494 e. The van der Waals surface area contributed by atoms with E-state index in [0.717, 1.165) is 62.2 Å². The number of aromatic amines is 1. The molecule has 2 aromatic carbocycles. The van der Waals surface area contributed by atoms with Crippen molar-refractivity contribution in [2.75, 3.05) is 44.2 Å². The number of pyridine rings is 1. The van der Waals surface area contributed by atoms with Gasteiger partial charge in [-0.05, 0) is 65.9 Å². The Balaban J connectivity index is 1.05. The van der Waals surface area contributed by atoms with Crippen LogP contribution in [0.1, 0.15) is 12.8 Å². The number of rotatable bonds is 7. The third-order valence-electron chi connectivity index (χ3n) is 6.01. The summed E-state index contributed by atoms with van der Waals surface area (Å²) >= 11 is 1.84. The lowest BCUT2D eigenvalue weighted by Gasteiger charge is -2.36. The van der Waals surface area contributed by atoms with Crippen LogP contribution in [-0.2, 0) is 0 Å². The highest BCUT2D eigenvalue weighted by Crippen LogP contribution is 2.31. The van der Waals surface area contributed by atoms with Crippen LogP contribution in [0.25, 0.3) is 21.0 Å². The summed E-state index contributed by atoms with van der Waals surface area (Å²) in [5, 5.41) is 4.55. The van der Waals surface area contributed by atoms with E-state index in [9.17, 15) is 4.79 Å². The molecule has 0 radical (unpaired) electrons. The second-order valence-electron chi connectivity index (χ2n) is 8.07. The summed E-state index contributed by atoms with van der Waals surface area (Å²) in [6.07, 6.45) is 2.16. The van der Waals surface area contributed by atoms with Gasteiger partial charge in [0, 0.05) is 38.3 Å². The van der Waals surface area contributed by atoms with Gasteiger partial charge in [-0.15, -0.1) is 11.3 Å². The monoisotopic (exact) mass is 433 g/mol. The molecule has 0 amide bonds. The molecule has 2 aromatic heterocycles. The maximum absolute atomic E-state index is 11.5. The number of nitrogens with zero attached hydrogens (tertiary/aromatic N) is 2. The number of benzene rings is 2. The van der Waals surface area contributed by atoms with Gasteiger partial charge in [0.1, 0.15) is 5.75 Å². The second-order valence-corrected chi connectivity index (χ2v) is 8.99. The first-order valence-electron chi connectivity index (χ1n) is 11.0. The topological polar surface area (TPSA) is 48.6 Å². The van der Waals surface area contributed by atoms with Crippen molar-refractivity contribution in [3.63, 3.8) is 0 Å². The van der Waals surface area contributed by atoms with Gasteiger partial charge in [0.15, 0.2) is 0 Å². The van der Waals surface area contributed by atoms with E-state index in [1.807, 2.05) is 35.6 Å². The molecule has 1 aliphatic rings. The lowest BCUT2D eigenvalue weighted by Crippen LogP contribution is -2.46. The van der Waals surface area contributed by atoms with Crippen LogP contribution in [-0.4, -0.2) is 49.2 Å². The molecule has 6 heteroatoms. The first kappa shape index (κ1) is 20.1. The summed E-state index contributed by atoms with van der Waals surface area (Å²) in [4.78, 5) is 19.4. The summed E-state index contributed by atoms with van der Waals surface area (Å²) in [5.74, 6) is 0.811. The van der Waals surface area contributed by atoms with Crippen LogP contribution in [0.2, 0.25) is 0 Å². The zero-order valence-corrected chi connectivity index (χ0v) is 18.4. The smallest absolute Gasteiger partial charge is 0.248 e.